The molecule has 90 valence electrons. The first-order valence-electron chi connectivity index (χ1n) is 6.75. The van der Waals surface area contributed by atoms with E-state index in [0.29, 0.717) is 6.04 Å². The molecular formula is C13H28N2. The molecule has 1 N–H and O–H groups in total. The lowest BCUT2D eigenvalue weighted by molar-refractivity contribution is 0.278. The number of unbranched alkanes of at least 4 members (excludes halogenated alkanes) is 1. The highest BCUT2D eigenvalue weighted by molar-refractivity contribution is 4.63. The Bertz CT molecular complexity index is 137. The Morgan fingerprint density at radius 2 is 1.67 bits per heavy atom. The minimum Gasteiger partial charge on any atom is -0.315 e. The van der Waals surface area contributed by atoms with Crippen LogP contribution in [0.3, 0.4) is 0 Å². The molecule has 0 aromatic heterocycles. The van der Waals surface area contributed by atoms with Gasteiger partial charge in [-0.05, 0) is 51.9 Å². The number of rotatable bonds is 6. The Hall–Kier alpha value is -0.0800. The van der Waals surface area contributed by atoms with Gasteiger partial charge in [0.25, 0.3) is 0 Å². The number of nitrogens with zero attached hydrogens (tertiary/aromatic N) is 1. The summed E-state index contributed by atoms with van der Waals surface area (Å²) >= 11 is 0. The van der Waals surface area contributed by atoms with Crippen LogP contribution in [0.15, 0.2) is 0 Å². The van der Waals surface area contributed by atoms with Gasteiger partial charge in [-0.25, -0.2) is 0 Å². The summed E-state index contributed by atoms with van der Waals surface area (Å²) in [6, 6.07) is 0.642. The molecule has 0 aliphatic carbocycles. The second-order valence-electron chi connectivity index (χ2n) is 5.07. The molecular weight excluding hydrogens is 184 g/mol. The van der Waals surface area contributed by atoms with Crippen LogP contribution >= 0.6 is 0 Å². The van der Waals surface area contributed by atoms with Gasteiger partial charge in [0.15, 0.2) is 0 Å². The van der Waals surface area contributed by atoms with Gasteiger partial charge in [0.1, 0.15) is 0 Å². The Balaban J connectivity index is 1.94. The zero-order valence-electron chi connectivity index (χ0n) is 10.6. The van der Waals surface area contributed by atoms with Crippen LogP contribution in [0.5, 0.6) is 0 Å². The summed E-state index contributed by atoms with van der Waals surface area (Å²) in [5.74, 6) is 0. The van der Waals surface area contributed by atoms with Crippen molar-refractivity contribution in [3.63, 3.8) is 0 Å². The monoisotopic (exact) mass is 212 g/mol. The molecule has 1 heterocycles. The van der Waals surface area contributed by atoms with Gasteiger partial charge in [0.05, 0.1) is 0 Å². The number of nitrogens with one attached hydrogen (secondary N) is 1. The minimum absolute atomic E-state index is 0.642. The van der Waals surface area contributed by atoms with Crippen LogP contribution in [-0.4, -0.2) is 37.1 Å². The zero-order chi connectivity index (χ0) is 10.9. The average molecular weight is 212 g/mol. The van der Waals surface area contributed by atoms with Gasteiger partial charge in [-0.1, -0.05) is 26.7 Å². The first kappa shape index (κ1) is 13.0. The fourth-order valence-electron chi connectivity index (χ4n) is 2.21. The maximum Gasteiger partial charge on any atom is 0.00103 e. The van der Waals surface area contributed by atoms with Gasteiger partial charge in [-0.3, -0.25) is 0 Å². The minimum atomic E-state index is 0.642. The zero-order valence-corrected chi connectivity index (χ0v) is 10.6. The second kappa shape index (κ2) is 8.12. The Labute approximate surface area is 95.4 Å². The predicted molar refractivity (Wildman–Crippen MR) is 67.3 cm³/mol. The maximum atomic E-state index is 3.48. The summed E-state index contributed by atoms with van der Waals surface area (Å²) in [4.78, 5) is 2.66. The van der Waals surface area contributed by atoms with Gasteiger partial charge in [-0.2, -0.15) is 0 Å². The lowest BCUT2D eigenvalue weighted by Crippen LogP contribution is -2.27. The SMILES string of the molecule is CC(C)NCCCCN1CCCCCC1. The van der Waals surface area contributed by atoms with E-state index in [9.17, 15) is 0 Å². The van der Waals surface area contributed by atoms with E-state index in [0.717, 1.165) is 0 Å². The molecule has 2 nitrogen and oxygen atoms in total. The van der Waals surface area contributed by atoms with Crippen molar-refractivity contribution in [1.82, 2.24) is 10.2 Å². The third-order valence-electron chi connectivity index (χ3n) is 3.15. The average Bonchev–Trinajstić information content (AvgIpc) is 2.45. The van der Waals surface area contributed by atoms with Crippen molar-refractivity contribution >= 4 is 0 Å². The molecule has 0 aromatic rings. The molecule has 0 radical (unpaired) electrons. The summed E-state index contributed by atoms with van der Waals surface area (Å²) in [5.41, 5.74) is 0. The third-order valence-corrected chi connectivity index (χ3v) is 3.15. The Morgan fingerprint density at radius 1 is 1.00 bits per heavy atom. The van der Waals surface area contributed by atoms with Gasteiger partial charge in [-0.15, -0.1) is 0 Å². The first-order chi connectivity index (χ1) is 7.29. The number of likely N-dealkylation sites (tertiary alicyclic amines) is 1. The molecule has 2 heteroatoms. The van der Waals surface area contributed by atoms with E-state index in [2.05, 4.69) is 24.1 Å². The molecule has 0 spiro atoms. The van der Waals surface area contributed by atoms with Crippen molar-refractivity contribution in [2.24, 2.45) is 0 Å². The molecule has 1 rings (SSSR count). The van der Waals surface area contributed by atoms with E-state index in [1.807, 2.05) is 0 Å². The first-order valence-corrected chi connectivity index (χ1v) is 6.75. The fraction of sp³-hybridized carbons (Fsp3) is 1.00. The predicted octanol–water partition coefficient (Wildman–Crippen LogP) is 2.64. The molecule has 0 atom stereocenters. The fourth-order valence-corrected chi connectivity index (χ4v) is 2.21. The highest BCUT2D eigenvalue weighted by Crippen LogP contribution is 2.09. The molecule has 1 fully saturated rings. The third kappa shape index (κ3) is 6.91. The molecule has 15 heavy (non-hydrogen) atoms. The second-order valence-corrected chi connectivity index (χ2v) is 5.07. The number of hydrogen-bond donors (Lipinski definition) is 1. The summed E-state index contributed by atoms with van der Waals surface area (Å²) in [6.07, 6.45) is 8.43. The van der Waals surface area contributed by atoms with E-state index in [1.54, 1.807) is 0 Å². The highest BCUT2D eigenvalue weighted by Gasteiger charge is 2.07. The van der Waals surface area contributed by atoms with Crippen LogP contribution < -0.4 is 5.32 Å². The number of hydrogen-bond acceptors (Lipinski definition) is 2. The lowest BCUT2D eigenvalue weighted by atomic mass is 10.2. The van der Waals surface area contributed by atoms with Crippen molar-refractivity contribution in [2.75, 3.05) is 26.2 Å². The van der Waals surface area contributed by atoms with E-state index in [-0.39, 0.29) is 0 Å². The molecule has 1 aliphatic heterocycles. The molecule has 1 aliphatic rings. The molecule has 0 aromatic carbocycles. The summed E-state index contributed by atoms with van der Waals surface area (Å²) in [7, 11) is 0. The molecule has 0 saturated carbocycles. The van der Waals surface area contributed by atoms with Crippen LogP contribution in [0.1, 0.15) is 52.4 Å². The lowest BCUT2D eigenvalue weighted by Gasteiger charge is -2.19. The van der Waals surface area contributed by atoms with Gasteiger partial charge >= 0.3 is 0 Å². The van der Waals surface area contributed by atoms with Gasteiger partial charge < -0.3 is 10.2 Å². The summed E-state index contributed by atoms with van der Waals surface area (Å²) in [6.45, 7) is 9.63. The van der Waals surface area contributed by atoms with Crippen LogP contribution in [-0.2, 0) is 0 Å². The van der Waals surface area contributed by atoms with Crippen molar-refractivity contribution in [2.45, 2.75) is 58.4 Å². The van der Waals surface area contributed by atoms with Crippen LogP contribution in [0.25, 0.3) is 0 Å². The summed E-state index contributed by atoms with van der Waals surface area (Å²) in [5, 5.41) is 3.48. The smallest absolute Gasteiger partial charge is 0.00103 e. The Morgan fingerprint density at radius 3 is 2.27 bits per heavy atom. The van der Waals surface area contributed by atoms with E-state index in [1.165, 1.54) is 64.7 Å². The van der Waals surface area contributed by atoms with Gasteiger partial charge in [0, 0.05) is 6.04 Å². The maximum absolute atomic E-state index is 3.48. The quantitative estimate of drug-likeness (QED) is 0.681. The standard InChI is InChI=1S/C13H28N2/c1-13(2)14-9-5-8-12-15-10-6-3-4-7-11-15/h13-14H,3-12H2,1-2H3. The Kier molecular flexibility index (Phi) is 7.03. The summed E-state index contributed by atoms with van der Waals surface area (Å²) < 4.78 is 0. The normalized spacial score (nSPS) is 19.4. The van der Waals surface area contributed by atoms with Crippen molar-refractivity contribution in [3.8, 4) is 0 Å². The van der Waals surface area contributed by atoms with Crippen LogP contribution in [0.4, 0.5) is 0 Å². The van der Waals surface area contributed by atoms with Gasteiger partial charge in [0.2, 0.25) is 0 Å². The van der Waals surface area contributed by atoms with E-state index >= 15 is 0 Å². The van der Waals surface area contributed by atoms with Crippen molar-refractivity contribution < 1.29 is 0 Å². The topological polar surface area (TPSA) is 15.3 Å². The largest absolute Gasteiger partial charge is 0.315 e. The van der Waals surface area contributed by atoms with Crippen LogP contribution in [0.2, 0.25) is 0 Å². The van der Waals surface area contributed by atoms with E-state index in [4.69, 9.17) is 0 Å². The van der Waals surface area contributed by atoms with Crippen molar-refractivity contribution in [1.29, 1.82) is 0 Å². The molecule has 0 amide bonds. The molecule has 0 unspecified atom stereocenters. The molecule has 1 saturated heterocycles. The highest BCUT2D eigenvalue weighted by atomic mass is 15.1. The van der Waals surface area contributed by atoms with Crippen molar-refractivity contribution in [3.05, 3.63) is 0 Å². The van der Waals surface area contributed by atoms with Crippen LogP contribution in [0, 0.1) is 0 Å². The molecule has 0 bridgehead atoms. The van der Waals surface area contributed by atoms with E-state index < -0.39 is 0 Å².